The van der Waals surface area contributed by atoms with Crippen LogP contribution in [-0.2, 0) is 19.4 Å². The van der Waals surface area contributed by atoms with Gasteiger partial charge in [0.05, 0.1) is 5.56 Å². The Bertz CT molecular complexity index is 757. The number of aryl methyl sites for hydroxylation is 1. The SMILES string of the molecule is Cc1ccc(Cc2cc(C(=O)O)c3n(c2=O)CCC3)cc1. The molecule has 1 aromatic carbocycles. The molecule has 0 spiro atoms. The van der Waals surface area contributed by atoms with E-state index in [2.05, 4.69) is 0 Å². The van der Waals surface area contributed by atoms with Crippen LogP contribution >= 0.6 is 0 Å². The maximum Gasteiger partial charge on any atom is 0.337 e. The first-order chi connectivity index (χ1) is 10.1. The van der Waals surface area contributed by atoms with Crippen molar-refractivity contribution in [2.45, 2.75) is 32.7 Å². The molecule has 0 radical (unpaired) electrons. The van der Waals surface area contributed by atoms with Crippen LogP contribution in [0.2, 0.25) is 0 Å². The molecule has 21 heavy (non-hydrogen) atoms. The first kappa shape index (κ1) is 13.6. The van der Waals surface area contributed by atoms with Crippen molar-refractivity contribution in [3.8, 4) is 0 Å². The fourth-order valence-corrected chi connectivity index (χ4v) is 2.91. The van der Waals surface area contributed by atoms with Crippen LogP contribution in [0.15, 0.2) is 35.1 Å². The summed E-state index contributed by atoms with van der Waals surface area (Å²) in [5.74, 6) is -0.953. The number of aromatic nitrogens is 1. The normalized spacial score (nSPS) is 13.2. The van der Waals surface area contributed by atoms with Crippen LogP contribution in [0, 0.1) is 6.92 Å². The summed E-state index contributed by atoms with van der Waals surface area (Å²) in [7, 11) is 0. The molecule has 4 nitrogen and oxygen atoms in total. The van der Waals surface area contributed by atoms with Crippen molar-refractivity contribution >= 4 is 5.97 Å². The predicted octanol–water partition coefficient (Wildman–Crippen LogP) is 2.39. The number of nitrogens with zero attached hydrogens (tertiary/aromatic N) is 1. The molecule has 2 aromatic rings. The van der Waals surface area contributed by atoms with Crippen LogP contribution in [-0.4, -0.2) is 15.6 Å². The molecule has 0 fully saturated rings. The van der Waals surface area contributed by atoms with E-state index in [4.69, 9.17) is 0 Å². The van der Waals surface area contributed by atoms with Crippen molar-refractivity contribution in [1.82, 2.24) is 4.57 Å². The van der Waals surface area contributed by atoms with Gasteiger partial charge in [0.1, 0.15) is 0 Å². The maximum absolute atomic E-state index is 12.5. The smallest absolute Gasteiger partial charge is 0.337 e. The fourth-order valence-electron chi connectivity index (χ4n) is 2.91. The number of carboxylic acids is 1. The zero-order valence-corrected chi connectivity index (χ0v) is 11.9. The molecule has 1 N–H and O–H groups in total. The monoisotopic (exact) mass is 283 g/mol. The summed E-state index contributed by atoms with van der Waals surface area (Å²) >= 11 is 0. The van der Waals surface area contributed by atoms with Crippen molar-refractivity contribution in [2.24, 2.45) is 0 Å². The molecule has 108 valence electrons. The van der Waals surface area contributed by atoms with Crippen LogP contribution in [0.3, 0.4) is 0 Å². The highest BCUT2D eigenvalue weighted by molar-refractivity contribution is 5.89. The zero-order chi connectivity index (χ0) is 15.0. The number of hydrogen-bond donors (Lipinski definition) is 1. The minimum Gasteiger partial charge on any atom is -0.478 e. The number of pyridine rings is 1. The first-order valence-corrected chi connectivity index (χ1v) is 7.10. The van der Waals surface area contributed by atoms with Crippen molar-refractivity contribution in [2.75, 3.05) is 0 Å². The largest absolute Gasteiger partial charge is 0.478 e. The Morgan fingerprint density at radius 2 is 2.00 bits per heavy atom. The van der Waals surface area contributed by atoms with Gasteiger partial charge in [0, 0.05) is 24.2 Å². The Labute approximate surface area is 122 Å². The van der Waals surface area contributed by atoms with Gasteiger partial charge in [0.15, 0.2) is 0 Å². The highest BCUT2D eigenvalue weighted by Gasteiger charge is 2.22. The molecule has 0 aliphatic carbocycles. The van der Waals surface area contributed by atoms with E-state index in [1.165, 1.54) is 0 Å². The first-order valence-electron chi connectivity index (χ1n) is 7.10. The Kier molecular flexibility index (Phi) is 3.37. The van der Waals surface area contributed by atoms with Crippen molar-refractivity contribution in [3.63, 3.8) is 0 Å². The minimum absolute atomic E-state index is 0.0481. The van der Waals surface area contributed by atoms with Gasteiger partial charge in [0.2, 0.25) is 0 Å². The topological polar surface area (TPSA) is 59.3 Å². The second-order valence-electron chi connectivity index (χ2n) is 5.56. The average Bonchev–Trinajstić information content (AvgIpc) is 2.93. The van der Waals surface area contributed by atoms with Crippen LogP contribution in [0.4, 0.5) is 0 Å². The van der Waals surface area contributed by atoms with Gasteiger partial charge in [0.25, 0.3) is 5.56 Å². The van der Waals surface area contributed by atoms with Crippen LogP contribution in [0.25, 0.3) is 0 Å². The molecule has 0 atom stereocenters. The highest BCUT2D eigenvalue weighted by atomic mass is 16.4. The van der Waals surface area contributed by atoms with Crippen molar-refractivity contribution in [1.29, 1.82) is 0 Å². The standard InChI is InChI=1S/C17H17NO3/c1-11-4-6-12(7-5-11)9-13-10-14(17(20)21)15-3-2-8-18(15)16(13)19/h4-7,10H,2-3,8-9H2,1H3,(H,20,21). The Morgan fingerprint density at radius 1 is 1.29 bits per heavy atom. The van der Waals surface area contributed by atoms with Gasteiger partial charge in [-0.25, -0.2) is 4.79 Å². The summed E-state index contributed by atoms with van der Waals surface area (Å²) in [6.07, 6.45) is 1.98. The zero-order valence-electron chi connectivity index (χ0n) is 11.9. The second-order valence-corrected chi connectivity index (χ2v) is 5.56. The van der Waals surface area contributed by atoms with E-state index in [0.29, 0.717) is 30.6 Å². The molecule has 4 heteroatoms. The van der Waals surface area contributed by atoms with Crippen LogP contribution in [0.5, 0.6) is 0 Å². The molecular weight excluding hydrogens is 266 g/mol. The lowest BCUT2D eigenvalue weighted by molar-refractivity contribution is 0.0694. The molecule has 1 aliphatic rings. The molecular formula is C17H17NO3. The second kappa shape index (κ2) is 5.20. The molecule has 0 saturated heterocycles. The quantitative estimate of drug-likeness (QED) is 0.941. The van der Waals surface area contributed by atoms with E-state index < -0.39 is 5.97 Å². The number of aromatic carboxylic acids is 1. The predicted molar refractivity (Wildman–Crippen MR) is 80.0 cm³/mol. The molecule has 2 heterocycles. The summed E-state index contributed by atoms with van der Waals surface area (Å²) < 4.78 is 1.63. The number of benzene rings is 1. The van der Waals surface area contributed by atoms with E-state index in [1.807, 2.05) is 31.2 Å². The summed E-state index contributed by atoms with van der Waals surface area (Å²) in [5.41, 5.74) is 3.63. The Hall–Kier alpha value is -2.36. The third-order valence-corrected chi connectivity index (χ3v) is 4.02. The van der Waals surface area contributed by atoms with Gasteiger partial charge in [-0.15, -0.1) is 0 Å². The van der Waals surface area contributed by atoms with Gasteiger partial charge < -0.3 is 9.67 Å². The number of fused-ring (bicyclic) bond motifs is 1. The van der Waals surface area contributed by atoms with E-state index in [1.54, 1.807) is 10.6 Å². The molecule has 0 unspecified atom stereocenters. The lowest BCUT2D eigenvalue weighted by Crippen LogP contribution is -2.26. The van der Waals surface area contributed by atoms with E-state index in [9.17, 15) is 14.7 Å². The van der Waals surface area contributed by atoms with Gasteiger partial charge in [-0.2, -0.15) is 0 Å². The number of carbonyl (C=O) groups is 1. The average molecular weight is 283 g/mol. The minimum atomic E-state index is -0.953. The van der Waals surface area contributed by atoms with Gasteiger partial charge in [-0.3, -0.25) is 4.79 Å². The number of rotatable bonds is 3. The summed E-state index contributed by atoms with van der Waals surface area (Å²) in [6, 6.07) is 9.51. The molecule has 0 amide bonds. The van der Waals surface area contributed by atoms with Crippen molar-refractivity contribution in [3.05, 3.63) is 68.6 Å². The van der Waals surface area contributed by atoms with Gasteiger partial charge in [-0.1, -0.05) is 29.8 Å². The summed E-state index contributed by atoms with van der Waals surface area (Å²) in [4.78, 5) is 23.9. The van der Waals surface area contributed by atoms with E-state index in [-0.39, 0.29) is 11.1 Å². The summed E-state index contributed by atoms with van der Waals surface area (Å²) in [6.45, 7) is 2.63. The fraction of sp³-hybridized carbons (Fsp3) is 0.294. The highest BCUT2D eigenvalue weighted by Crippen LogP contribution is 2.19. The molecule has 0 saturated carbocycles. The summed E-state index contributed by atoms with van der Waals surface area (Å²) in [5, 5.41) is 9.35. The molecule has 1 aliphatic heterocycles. The third-order valence-electron chi connectivity index (χ3n) is 4.02. The Balaban J connectivity index is 2.06. The van der Waals surface area contributed by atoms with Gasteiger partial charge >= 0.3 is 5.97 Å². The van der Waals surface area contributed by atoms with Crippen LogP contribution in [0.1, 0.15) is 39.2 Å². The molecule has 0 bridgehead atoms. The van der Waals surface area contributed by atoms with Crippen molar-refractivity contribution < 1.29 is 9.90 Å². The molecule has 1 aromatic heterocycles. The van der Waals surface area contributed by atoms with E-state index >= 15 is 0 Å². The van der Waals surface area contributed by atoms with Gasteiger partial charge in [-0.05, 0) is 31.4 Å². The lowest BCUT2D eigenvalue weighted by Gasteiger charge is -2.10. The molecule has 3 rings (SSSR count). The Morgan fingerprint density at radius 3 is 2.67 bits per heavy atom. The number of carboxylic acid groups (broad SMARTS) is 1. The number of hydrogen-bond acceptors (Lipinski definition) is 2. The lowest BCUT2D eigenvalue weighted by atomic mass is 10.0. The third kappa shape index (κ3) is 2.49. The van der Waals surface area contributed by atoms with Crippen LogP contribution < -0.4 is 5.56 Å². The van der Waals surface area contributed by atoms with E-state index in [0.717, 1.165) is 17.5 Å². The maximum atomic E-state index is 12.5.